The van der Waals surface area contributed by atoms with Gasteiger partial charge in [-0.1, -0.05) is 36.4 Å². The molecule has 0 aliphatic heterocycles. The molecule has 1 aromatic heterocycles. The zero-order valence-corrected chi connectivity index (χ0v) is 15.3. The van der Waals surface area contributed by atoms with Gasteiger partial charge in [0.15, 0.2) is 5.78 Å². The minimum absolute atomic E-state index is 0.170. The van der Waals surface area contributed by atoms with E-state index >= 15 is 0 Å². The average Bonchev–Trinajstić information content (AvgIpc) is 3.17. The van der Waals surface area contributed by atoms with Gasteiger partial charge in [0.1, 0.15) is 23.0 Å². The highest BCUT2D eigenvalue weighted by Crippen LogP contribution is 2.33. The van der Waals surface area contributed by atoms with Crippen molar-refractivity contribution in [1.82, 2.24) is 0 Å². The highest BCUT2D eigenvalue weighted by atomic mass is 32.1. The number of rotatable bonds is 6. The van der Waals surface area contributed by atoms with Crippen LogP contribution in [0.15, 0.2) is 60.0 Å². The fourth-order valence-corrected chi connectivity index (χ4v) is 3.11. The van der Waals surface area contributed by atoms with Gasteiger partial charge in [0.2, 0.25) is 0 Å². The summed E-state index contributed by atoms with van der Waals surface area (Å²) < 4.78 is 11.4. The number of esters is 1. The van der Waals surface area contributed by atoms with Crippen molar-refractivity contribution in [3.8, 4) is 11.5 Å². The largest absolute Gasteiger partial charge is 0.488 e. The SMILES string of the molecule is CC(=O)c1ccc(OCc2ccccc2)c(C)c1OC(=O)c1cccs1. The standard InChI is InChI=1S/C21H18O4S/c1-14-18(24-13-16-7-4-3-5-8-16)11-10-17(15(2)22)20(14)25-21(23)19-9-6-12-26-19/h3-12H,13H2,1-2H3. The Kier molecular flexibility index (Phi) is 5.49. The fourth-order valence-electron chi connectivity index (χ4n) is 2.51. The lowest BCUT2D eigenvalue weighted by Crippen LogP contribution is -2.11. The van der Waals surface area contributed by atoms with Gasteiger partial charge in [-0.3, -0.25) is 4.79 Å². The van der Waals surface area contributed by atoms with Crippen molar-refractivity contribution in [3.05, 3.63) is 81.5 Å². The van der Waals surface area contributed by atoms with Gasteiger partial charge >= 0.3 is 5.97 Å². The van der Waals surface area contributed by atoms with Crippen LogP contribution in [0.5, 0.6) is 11.5 Å². The summed E-state index contributed by atoms with van der Waals surface area (Å²) in [6, 6.07) is 16.6. The Labute approximate surface area is 156 Å². The van der Waals surface area contributed by atoms with Crippen molar-refractivity contribution >= 4 is 23.1 Å². The Bertz CT molecular complexity index is 915. The topological polar surface area (TPSA) is 52.6 Å². The van der Waals surface area contributed by atoms with Crippen molar-refractivity contribution in [2.45, 2.75) is 20.5 Å². The minimum Gasteiger partial charge on any atom is -0.488 e. The molecule has 0 saturated heterocycles. The predicted molar refractivity (Wildman–Crippen MR) is 101 cm³/mol. The van der Waals surface area contributed by atoms with Gasteiger partial charge in [0.05, 0.1) is 5.56 Å². The van der Waals surface area contributed by atoms with E-state index in [0.29, 0.717) is 28.4 Å². The molecule has 0 atom stereocenters. The van der Waals surface area contributed by atoms with Crippen molar-refractivity contribution in [2.24, 2.45) is 0 Å². The molecule has 2 aromatic carbocycles. The Morgan fingerprint density at radius 3 is 2.42 bits per heavy atom. The summed E-state index contributed by atoms with van der Waals surface area (Å²) in [6.07, 6.45) is 0. The molecule has 0 radical (unpaired) electrons. The molecule has 5 heteroatoms. The van der Waals surface area contributed by atoms with Crippen molar-refractivity contribution in [1.29, 1.82) is 0 Å². The van der Waals surface area contributed by atoms with Gasteiger partial charge in [-0.2, -0.15) is 0 Å². The first-order chi connectivity index (χ1) is 12.6. The van der Waals surface area contributed by atoms with Crippen LogP contribution >= 0.6 is 11.3 Å². The Hall–Kier alpha value is -2.92. The molecule has 0 bridgehead atoms. The maximum atomic E-state index is 12.3. The molecule has 0 fully saturated rings. The number of carbonyl (C=O) groups is 2. The summed E-state index contributed by atoms with van der Waals surface area (Å²) in [7, 11) is 0. The molecular formula is C21H18O4S. The smallest absolute Gasteiger partial charge is 0.353 e. The first-order valence-electron chi connectivity index (χ1n) is 8.13. The molecule has 0 saturated carbocycles. The molecule has 0 aliphatic carbocycles. The van der Waals surface area contributed by atoms with Gasteiger partial charge in [-0.25, -0.2) is 4.79 Å². The zero-order valence-electron chi connectivity index (χ0n) is 14.5. The number of thiophene rings is 1. The third kappa shape index (κ3) is 4.00. The molecule has 3 rings (SSSR count). The molecule has 0 spiro atoms. The van der Waals surface area contributed by atoms with Gasteiger partial charge in [-0.05, 0) is 43.0 Å². The van der Waals surface area contributed by atoms with E-state index < -0.39 is 5.97 Å². The second-order valence-electron chi connectivity index (χ2n) is 5.76. The number of hydrogen-bond acceptors (Lipinski definition) is 5. The molecule has 0 aliphatic rings. The predicted octanol–water partition coefficient (Wildman–Crippen LogP) is 5.06. The van der Waals surface area contributed by atoms with Crippen LogP contribution in [0.3, 0.4) is 0 Å². The maximum absolute atomic E-state index is 12.3. The quantitative estimate of drug-likeness (QED) is 0.348. The van der Waals surface area contributed by atoms with Crippen LogP contribution in [-0.2, 0) is 6.61 Å². The highest BCUT2D eigenvalue weighted by molar-refractivity contribution is 7.12. The van der Waals surface area contributed by atoms with Crippen molar-refractivity contribution in [3.63, 3.8) is 0 Å². The van der Waals surface area contributed by atoms with Gasteiger partial charge in [-0.15, -0.1) is 11.3 Å². The van der Waals surface area contributed by atoms with Crippen LogP contribution in [-0.4, -0.2) is 11.8 Å². The summed E-state index contributed by atoms with van der Waals surface area (Å²) in [4.78, 5) is 24.8. The zero-order chi connectivity index (χ0) is 18.5. The minimum atomic E-state index is -0.481. The van der Waals surface area contributed by atoms with E-state index in [1.807, 2.05) is 30.3 Å². The Balaban J connectivity index is 1.88. The number of benzene rings is 2. The van der Waals surface area contributed by atoms with Crippen LogP contribution in [0.2, 0.25) is 0 Å². The number of carbonyl (C=O) groups excluding carboxylic acids is 2. The highest BCUT2D eigenvalue weighted by Gasteiger charge is 2.20. The number of ketones is 1. The first kappa shape index (κ1) is 17.9. The van der Waals surface area contributed by atoms with Crippen LogP contribution < -0.4 is 9.47 Å². The molecule has 3 aromatic rings. The third-order valence-electron chi connectivity index (χ3n) is 3.89. The van der Waals surface area contributed by atoms with Crippen LogP contribution in [0.25, 0.3) is 0 Å². The third-order valence-corrected chi connectivity index (χ3v) is 4.74. The lowest BCUT2D eigenvalue weighted by atomic mass is 10.1. The number of Topliss-reactive ketones (excluding diaryl/α,β-unsaturated/α-hetero) is 1. The van der Waals surface area contributed by atoms with Gasteiger partial charge < -0.3 is 9.47 Å². The average molecular weight is 366 g/mol. The molecule has 132 valence electrons. The van der Waals surface area contributed by atoms with Crippen LogP contribution in [0.4, 0.5) is 0 Å². The van der Waals surface area contributed by atoms with Crippen molar-refractivity contribution < 1.29 is 19.1 Å². The first-order valence-corrected chi connectivity index (χ1v) is 9.01. The van der Waals surface area contributed by atoms with E-state index in [1.165, 1.54) is 18.3 Å². The van der Waals surface area contributed by atoms with Crippen molar-refractivity contribution in [2.75, 3.05) is 0 Å². The molecule has 26 heavy (non-hydrogen) atoms. The number of ether oxygens (including phenoxy) is 2. The Morgan fingerprint density at radius 2 is 1.77 bits per heavy atom. The van der Waals surface area contributed by atoms with E-state index in [2.05, 4.69) is 0 Å². The second kappa shape index (κ2) is 7.97. The Morgan fingerprint density at radius 1 is 1.00 bits per heavy atom. The molecule has 1 heterocycles. The van der Waals surface area contributed by atoms with E-state index in [4.69, 9.17) is 9.47 Å². The summed E-state index contributed by atoms with van der Waals surface area (Å²) in [5.41, 5.74) is 2.01. The van der Waals surface area contributed by atoms with Gasteiger partial charge in [0.25, 0.3) is 0 Å². The fraction of sp³-hybridized carbons (Fsp3) is 0.143. The lowest BCUT2D eigenvalue weighted by Gasteiger charge is -2.15. The van der Waals surface area contributed by atoms with E-state index in [0.717, 1.165) is 5.56 Å². The maximum Gasteiger partial charge on any atom is 0.353 e. The second-order valence-corrected chi connectivity index (χ2v) is 6.71. The number of hydrogen-bond donors (Lipinski definition) is 0. The van der Waals surface area contributed by atoms with Crippen LogP contribution in [0.1, 0.15) is 38.1 Å². The molecule has 4 nitrogen and oxygen atoms in total. The monoisotopic (exact) mass is 366 g/mol. The summed E-state index contributed by atoms with van der Waals surface area (Å²) in [5.74, 6) is 0.178. The van der Waals surface area contributed by atoms with Crippen LogP contribution in [0, 0.1) is 6.92 Å². The molecule has 0 N–H and O–H groups in total. The van der Waals surface area contributed by atoms with E-state index in [1.54, 1.807) is 36.6 Å². The van der Waals surface area contributed by atoms with Gasteiger partial charge in [0, 0.05) is 5.56 Å². The summed E-state index contributed by atoms with van der Waals surface area (Å²) in [6.45, 7) is 3.62. The van der Waals surface area contributed by atoms with E-state index in [-0.39, 0.29) is 11.5 Å². The summed E-state index contributed by atoms with van der Waals surface area (Å²) in [5, 5.41) is 1.80. The summed E-state index contributed by atoms with van der Waals surface area (Å²) >= 11 is 1.29. The molecule has 0 unspecified atom stereocenters. The normalized spacial score (nSPS) is 10.4. The molecular weight excluding hydrogens is 348 g/mol. The van der Waals surface area contributed by atoms with E-state index in [9.17, 15) is 9.59 Å². The molecule has 0 amide bonds. The lowest BCUT2D eigenvalue weighted by molar-refractivity contribution is 0.0736.